The fraction of sp³-hybridized carbons (Fsp3) is 0.800. The zero-order valence-electron chi connectivity index (χ0n) is 16.2. The lowest BCUT2D eigenvalue weighted by atomic mass is 9.80. The monoisotopic (exact) mass is 349 g/mol. The van der Waals surface area contributed by atoms with E-state index in [-0.39, 0.29) is 23.4 Å². The largest absolute Gasteiger partial charge is 0.353 e. The van der Waals surface area contributed by atoms with Gasteiger partial charge in [0.2, 0.25) is 11.8 Å². The minimum Gasteiger partial charge on any atom is -0.353 e. The van der Waals surface area contributed by atoms with Crippen molar-refractivity contribution in [3.8, 4) is 0 Å². The molecule has 2 N–H and O–H groups in total. The van der Waals surface area contributed by atoms with Crippen molar-refractivity contribution >= 4 is 11.8 Å². The Morgan fingerprint density at radius 2 is 1.92 bits per heavy atom. The van der Waals surface area contributed by atoms with Crippen LogP contribution in [0.3, 0.4) is 0 Å². The Morgan fingerprint density at radius 1 is 1.24 bits per heavy atom. The molecule has 1 aliphatic heterocycles. The lowest BCUT2D eigenvalue weighted by Gasteiger charge is -2.40. The first-order chi connectivity index (χ1) is 11.8. The summed E-state index contributed by atoms with van der Waals surface area (Å²) in [5, 5.41) is 6.44. The van der Waals surface area contributed by atoms with Crippen molar-refractivity contribution in [3.63, 3.8) is 0 Å². The molecule has 0 spiro atoms. The SMILES string of the molecule is C=CCC(C)(C)C(=O)NCC1(NC(=O)[C@H]2CCCN2C)CCCCC1. The molecule has 1 heterocycles. The number of allylic oxidation sites excluding steroid dienone is 1. The highest BCUT2D eigenvalue weighted by atomic mass is 16.2. The van der Waals surface area contributed by atoms with E-state index < -0.39 is 5.41 Å². The average molecular weight is 350 g/mol. The number of amides is 2. The summed E-state index contributed by atoms with van der Waals surface area (Å²) in [6, 6.07) is -0.0216. The molecule has 2 amide bonds. The number of hydrogen-bond acceptors (Lipinski definition) is 3. The molecule has 0 radical (unpaired) electrons. The van der Waals surface area contributed by atoms with Crippen LogP contribution in [0.25, 0.3) is 0 Å². The van der Waals surface area contributed by atoms with Crippen LogP contribution in [0.15, 0.2) is 12.7 Å². The lowest BCUT2D eigenvalue weighted by molar-refractivity contribution is -0.131. The van der Waals surface area contributed by atoms with E-state index in [1.165, 1.54) is 6.42 Å². The van der Waals surface area contributed by atoms with Gasteiger partial charge in [-0.25, -0.2) is 0 Å². The first kappa shape index (κ1) is 20.0. The molecule has 0 aromatic heterocycles. The molecule has 0 unspecified atom stereocenters. The highest BCUT2D eigenvalue weighted by molar-refractivity contribution is 5.84. The molecule has 0 aromatic carbocycles. The van der Waals surface area contributed by atoms with Crippen LogP contribution in [0, 0.1) is 5.41 Å². The third-order valence-electron chi connectivity index (χ3n) is 5.88. The van der Waals surface area contributed by atoms with Crippen LogP contribution in [-0.4, -0.2) is 48.4 Å². The maximum atomic E-state index is 12.8. The van der Waals surface area contributed by atoms with Gasteiger partial charge in [0.1, 0.15) is 0 Å². The van der Waals surface area contributed by atoms with Crippen LogP contribution in [0.2, 0.25) is 0 Å². The van der Waals surface area contributed by atoms with Gasteiger partial charge >= 0.3 is 0 Å². The van der Waals surface area contributed by atoms with Gasteiger partial charge < -0.3 is 10.6 Å². The van der Waals surface area contributed by atoms with E-state index in [2.05, 4.69) is 22.1 Å². The van der Waals surface area contributed by atoms with E-state index in [9.17, 15) is 9.59 Å². The molecule has 5 heteroatoms. The molecule has 25 heavy (non-hydrogen) atoms. The molecular formula is C20H35N3O2. The van der Waals surface area contributed by atoms with Crippen molar-refractivity contribution in [2.24, 2.45) is 5.41 Å². The summed E-state index contributed by atoms with van der Waals surface area (Å²) in [6.07, 6.45) is 9.73. The van der Waals surface area contributed by atoms with Crippen molar-refractivity contribution in [2.45, 2.75) is 76.8 Å². The first-order valence-corrected chi connectivity index (χ1v) is 9.71. The van der Waals surface area contributed by atoms with Crippen molar-refractivity contribution in [2.75, 3.05) is 20.1 Å². The second-order valence-corrected chi connectivity index (χ2v) is 8.53. The highest BCUT2D eigenvalue weighted by Crippen LogP contribution is 2.29. The number of hydrogen-bond donors (Lipinski definition) is 2. The summed E-state index contributed by atoms with van der Waals surface area (Å²) in [6.45, 7) is 9.12. The Labute approximate surface area is 152 Å². The minimum absolute atomic E-state index is 0.0216. The Bertz CT molecular complexity index is 495. The van der Waals surface area contributed by atoms with Crippen molar-refractivity contribution < 1.29 is 9.59 Å². The molecule has 2 fully saturated rings. The van der Waals surface area contributed by atoms with Crippen molar-refractivity contribution in [3.05, 3.63) is 12.7 Å². The van der Waals surface area contributed by atoms with Crippen LogP contribution in [0.5, 0.6) is 0 Å². The molecular weight excluding hydrogens is 314 g/mol. The van der Waals surface area contributed by atoms with Crippen LogP contribution in [0.4, 0.5) is 0 Å². The standard InChI is InChI=1S/C20H35N3O2/c1-5-11-19(2,3)18(25)21-15-20(12-7-6-8-13-20)22-17(24)16-10-9-14-23(16)4/h5,16H,1,6-15H2,2-4H3,(H,21,25)(H,22,24)/t16-/m1/s1. The van der Waals surface area contributed by atoms with Crippen LogP contribution in [-0.2, 0) is 9.59 Å². The summed E-state index contributed by atoms with van der Waals surface area (Å²) in [5.74, 6) is 0.158. The number of likely N-dealkylation sites (N-methyl/N-ethyl adjacent to an activating group) is 1. The highest BCUT2D eigenvalue weighted by Gasteiger charge is 2.38. The first-order valence-electron chi connectivity index (χ1n) is 9.71. The predicted molar refractivity (Wildman–Crippen MR) is 101 cm³/mol. The van der Waals surface area contributed by atoms with Crippen LogP contribution < -0.4 is 10.6 Å². The van der Waals surface area contributed by atoms with Gasteiger partial charge in [0.25, 0.3) is 0 Å². The Hall–Kier alpha value is -1.36. The van der Waals surface area contributed by atoms with Gasteiger partial charge in [-0.3, -0.25) is 14.5 Å². The molecule has 5 nitrogen and oxygen atoms in total. The maximum Gasteiger partial charge on any atom is 0.237 e. The summed E-state index contributed by atoms with van der Waals surface area (Å²) in [4.78, 5) is 27.5. The fourth-order valence-corrected chi connectivity index (χ4v) is 4.10. The molecule has 0 aromatic rings. The number of likely N-dealkylation sites (tertiary alicyclic amines) is 1. The predicted octanol–water partition coefficient (Wildman–Crippen LogP) is 2.62. The summed E-state index contributed by atoms with van der Waals surface area (Å²) in [5.41, 5.74) is -0.758. The van der Waals surface area contributed by atoms with Gasteiger partial charge in [0, 0.05) is 12.0 Å². The average Bonchev–Trinajstić information content (AvgIpc) is 2.99. The zero-order valence-corrected chi connectivity index (χ0v) is 16.2. The van der Waals surface area contributed by atoms with Crippen molar-refractivity contribution in [1.29, 1.82) is 0 Å². The molecule has 1 saturated heterocycles. The molecule has 0 bridgehead atoms. The third-order valence-corrected chi connectivity index (χ3v) is 5.88. The minimum atomic E-state index is -0.465. The fourth-order valence-electron chi connectivity index (χ4n) is 4.10. The van der Waals surface area contributed by atoms with E-state index in [4.69, 9.17) is 0 Å². The number of nitrogens with one attached hydrogen (secondary N) is 2. The Kier molecular flexibility index (Phi) is 6.66. The zero-order chi connectivity index (χ0) is 18.5. The Morgan fingerprint density at radius 3 is 2.48 bits per heavy atom. The lowest BCUT2D eigenvalue weighted by Crippen LogP contribution is -2.60. The summed E-state index contributed by atoms with van der Waals surface area (Å²) in [7, 11) is 2.02. The van der Waals surface area contributed by atoms with Gasteiger partial charge in [-0.05, 0) is 45.7 Å². The molecule has 2 rings (SSSR count). The third kappa shape index (κ3) is 5.06. The van der Waals surface area contributed by atoms with E-state index >= 15 is 0 Å². The van der Waals surface area contributed by atoms with Gasteiger partial charge in [-0.15, -0.1) is 6.58 Å². The number of carbonyl (C=O) groups excluding carboxylic acids is 2. The number of carbonyl (C=O) groups is 2. The quantitative estimate of drug-likeness (QED) is 0.695. The molecule has 1 atom stereocenters. The second-order valence-electron chi connectivity index (χ2n) is 8.53. The van der Waals surface area contributed by atoms with Gasteiger partial charge in [0.15, 0.2) is 0 Å². The molecule has 1 aliphatic carbocycles. The van der Waals surface area contributed by atoms with Crippen LogP contribution >= 0.6 is 0 Å². The van der Waals surface area contributed by atoms with Gasteiger partial charge in [0.05, 0.1) is 11.6 Å². The number of nitrogens with zero attached hydrogens (tertiary/aromatic N) is 1. The van der Waals surface area contributed by atoms with E-state index in [0.717, 1.165) is 45.1 Å². The molecule has 1 saturated carbocycles. The van der Waals surface area contributed by atoms with Crippen LogP contribution in [0.1, 0.15) is 65.2 Å². The van der Waals surface area contributed by atoms with E-state index in [0.29, 0.717) is 13.0 Å². The van der Waals surface area contributed by atoms with E-state index in [1.54, 1.807) is 6.08 Å². The Balaban J connectivity index is 2.01. The van der Waals surface area contributed by atoms with Gasteiger partial charge in [-0.1, -0.05) is 39.2 Å². The topological polar surface area (TPSA) is 61.4 Å². The molecule has 142 valence electrons. The summed E-state index contributed by atoms with van der Waals surface area (Å²) >= 11 is 0. The molecule has 2 aliphatic rings. The van der Waals surface area contributed by atoms with E-state index in [1.807, 2.05) is 20.9 Å². The maximum absolute atomic E-state index is 12.8. The van der Waals surface area contributed by atoms with Crippen molar-refractivity contribution in [1.82, 2.24) is 15.5 Å². The smallest absolute Gasteiger partial charge is 0.237 e. The number of rotatable bonds is 7. The second kappa shape index (κ2) is 8.35. The van der Waals surface area contributed by atoms with Gasteiger partial charge in [-0.2, -0.15) is 0 Å². The normalized spacial score (nSPS) is 23.9. The summed E-state index contributed by atoms with van der Waals surface area (Å²) < 4.78 is 0.